The molecular weight excluding hydrogens is 260 g/mol. The molecule has 0 aromatic heterocycles. The van der Waals surface area contributed by atoms with Crippen molar-refractivity contribution in [2.24, 2.45) is 17.8 Å². The molecule has 2 heterocycles. The fraction of sp³-hybridized carbons (Fsp3) is 0.944. The maximum absolute atomic E-state index is 12.9. The fourth-order valence-electron chi connectivity index (χ4n) is 5.02. The number of carbonyl (C=O) groups excluding carboxylic acids is 1. The first-order valence-electron chi connectivity index (χ1n) is 9.32. The van der Waals surface area contributed by atoms with E-state index in [1.807, 2.05) is 0 Å². The molecule has 2 saturated heterocycles. The minimum absolute atomic E-state index is 0.236. The number of hydrogen-bond acceptors (Lipinski definition) is 2. The van der Waals surface area contributed by atoms with Crippen LogP contribution in [0.4, 0.5) is 0 Å². The molecule has 0 aromatic carbocycles. The van der Waals surface area contributed by atoms with Crippen LogP contribution in [0.5, 0.6) is 0 Å². The molecule has 4 rings (SSSR count). The van der Waals surface area contributed by atoms with Crippen molar-refractivity contribution in [3.8, 4) is 0 Å². The second-order valence-electron chi connectivity index (χ2n) is 8.09. The average molecular weight is 290 g/mol. The average Bonchev–Trinajstić information content (AvgIpc) is 2.94. The molecule has 2 atom stereocenters. The van der Waals surface area contributed by atoms with Gasteiger partial charge in [-0.05, 0) is 62.8 Å². The highest BCUT2D eigenvalue weighted by Crippen LogP contribution is 2.35. The van der Waals surface area contributed by atoms with Gasteiger partial charge in [-0.15, -0.1) is 0 Å². The third-order valence-corrected chi connectivity index (χ3v) is 6.57. The molecule has 0 N–H and O–H groups in total. The Morgan fingerprint density at radius 3 is 2.33 bits per heavy atom. The number of rotatable bonds is 4. The van der Waals surface area contributed by atoms with Gasteiger partial charge in [-0.2, -0.15) is 0 Å². The number of amides is 1. The Hall–Kier alpha value is -0.570. The van der Waals surface area contributed by atoms with Crippen LogP contribution in [0.25, 0.3) is 0 Å². The zero-order valence-corrected chi connectivity index (χ0v) is 13.3. The molecule has 0 unspecified atom stereocenters. The van der Waals surface area contributed by atoms with Gasteiger partial charge < -0.3 is 4.90 Å². The molecule has 1 amide bonds. The number of fused-ring (bicyclic) bond motifs is 2. The van der Waals surface area contributed by atoms with Crippen molar-refractivity contribution in [3.63, 3.8) is 0 Å². The summed E-state index contributed by atoms with van der Waals surface area (Å²) in [4.78, 5) is 17.7. The van der Waals surface area contributed by atoms with Gasteiger partial charge in [-0.3, -0.25) is 9.69 Å². The molecule has 4 fully saturated rings. The zero-order valence-electron chi connectivity index (χ0n) is 13.3. The van der Waals surface area contributed by atoms with Crippen LogP contribution in [0, 0.1) is 17.8 Å². The van der Waals surface area contributed by atoms with Crippen LogP contribution in [-0.2, 0) is 4.79 Å². The van der Waals surface area contributed by atoms with E-state index in [1.54, 1.807) is 0 Å². The summed E-state index contributed by atoms with van der Waals surface area (Å²) < 4.78 is 0. The van der Waals surface area contributed by atoms with Crippen LogP contribution in [0.2, 0.25) is 0 Å². The monoisotopic (exact) mass is 290 g/mol. The van der Waals surface area contributed by atoms with Gasteiger partial charge in [0.1, 0.15) is 0 Å². The Morgan fingerprint density at radius 2 is 1.62 bits per heavy atom. The summed E-state index contributed by atoms with van der Waals surface area (Å²) in [7, 11) is 0. The van der Waals surface area contributed by atoms with E-state index in [2.05, 4.69) is 9.80 Å². The summed E-state index contributed by atoms with van der Waals surface area (Å²) in [5, 5.41) is 0. The molecule has 3 heteroatoms. The Morgan fingerprint density at radius 1 is 0.905 bits per heavy atom. The van der Waals surface area contributed by atoms with E-state index in [4.69, 9.17) is 0 Å². The summed E-state index contributed by atoms with van der Waals surface area (Å²) in [6.45, 7) is 4.49. The van der Waals surface area contributed by atoms with Crippen molar-refractivity contribution in [1.82, 2.24) is 9.80 Å². The van der Waals surface area contributed by atoms with Gasteiger partial charge in [0.2, 0.25) is 5.91 Å². The summed E-state index contributed by atoms with van der Waals surface area (Å²) in [6.07, 6.45) is 12.1. The number of piperidine rings is 2. The van der Waals surface area contributed by atoms with Crippen molar-refractivity contribution in [1.29, 1.82) is 0 Å². The molecular formula is C18H30N2O. The zero-order chi connectivity index (χ0) is 14.2. The smallest absolute Gasteiger partial charge is 0.239 e. The molecule has 4 aliphatic rings. The first-order chi connectivity index (χ1) is 10.3. The SMILES string of the molecule is O=C1[C@H]2C[C@H](CCN2CC2CCC2)CN1CC1CCCC1. The summed E-state index contributed by atoms with van der Waals surface area (Å²) in [5.74, 6) is 2.94. The highest BCUT2D eigenvalue weighted by molar-refractivity contribution is 5.83. The molecule has 2 saturated carbocycles. The first kappa shape index (κ1) is 14.0. The predicted octanol–water partition coefficient (Wildman–Crippen LogP) is 2.90. The third-order valence-electron chi connectivity index (χ3n) is 6.57. The molecule has 21 heavy (non-hydrogen) atoms. The summed E-state index contributed by atoms with van der Waals surface area (Å²) in [5.41, 5.74) is 0. The third kappa shape index (κ3) is 2.86. The minimum Gasteiger partial charge on any atom is -0.341 e. The number of nitrogens with zero attached hydrogens (tertiary/aromatic N) is 2. The Kier molecular flexibility index (Phi) is 3.95. The predicted molar refractivity (Wildman–Crippen MR) is 84.0 cm³/mol. The van der Waals surface area contributed by atoms with Gasteiger partial charge in [0.25, 0.3) is 0 Å². The van der Waals surface area contributed by atoms with E-state index < -0.39 is 0 Å². The molecule has 3 nitrogen and oxygen atoms in total. The van der Waals surface area contributed by atoms with Gasteiger partial charge in [-0.25, -0.2) is 0 Å². The van der Waals surface area contributed by atoms with E-state index in [1.165, 1.54) is 64.5 Å². The highest BCUT2D eigenvalue weighted by Gasteiger charge is 2.42. The van der Waals surface area contributed by atoms with Crippen molar-refractivity contribution in [3.05, 3.63) is 0 Å². The van der Waals surface area contributed by atoms with Gasteiger partial charge in [0.15, 0.2) is 0 Å². The van der Waals surface area contributed by atoms with E-state index in [9.17, 15) is 4.79 Å². The molecule has 0 radical (unpaired) electrons. The van der Waals surface area contributed by atoms with Gasteiger partial charge in [-0.1, -0.05) is 19.3 Å². The normalized spacial score (nSPS) is 35.2. The fourth-order valence-corrected chi connectivity index (χ4v) is 5.02. The van der Waals surface area contributed by atoms with Crippen molar-refractivity contribution >= 4 is 5.91 Å². The van der Waals surface area contributed by atoms with Crippen LogP contribution < -0.4 is 0 Å². The van der Waals surface area contributed by atoms with Crippen molar-refractivity contribution in [2.75, 3.05) is 26.2 Å². The van der Waals surface area contributed by atoms with Crippen LogP contribution in [0.1, 0.15) is 57.8 Å². The van der Waals surface area contributed by atoms with Gasteiger partial charge in [0.05, 0.1) is 6.04 Å². The summed E-state index contributed by atoms with van der Waals surface area (Å²) in [6, 6.07) is 0.236. The van der Waals surface area contributed by atoms with Crippen molar-refractivity contribution in [2.45, 2.75) is 63.8 Å². The van der Waals surface area contributed by atoms with Crippen LogP contribution in [0.3, 0.4) is 0 Å². The van der Waals surface area contributed by atoms with Gasteiger partial charge >= 0.3 is 0 Å². The Bertz CT molecular complexity index is 387. The van der Waals surface area contributed by atoms with E-state index in [-0.39, 0.29) is 6.04 Å². The van der Waals surface area contributed by atoms with E-state index >= 15 is 0 Å². The number of hydrogen-bond donors (Lipinski definition) is 0. The van der Waals surface area contributed by atoms with E-state index in [0.717, 1.165) is 37.3 Å². The molecule has 2 bridgehead atoms. The second kappa shape index (κ2) is 5.91. The first-order valence-corrected chi connectivity index (χ1v) is 9.32. The maximum atomic E-state index is 12.9. The van der Waals surface area contributed by atoms with Crippen LogP contribution >= 0.6 is 0 Å². The second-order valence-corrected chi connectivity index (χ2v) is 8.09. The summed E-state index contributed by atoms with van der Waals surface area (Å²) >= 11 is 0. The van der Waals surface area contributed by atoms with Crippen molar-refractivity contribution < 1.29 is 4.79 Å². The minimum atomic E-state index is 0.236. The topological polar surface area (TPSA) is 23.6 Å². The lowest BCUT2D eigenvalue weighted by Crippen LogP contribution is -2.60. The lowest BCUT2D eigenvalue weighted by molar-refractivity contribution is -0.147. The number of carbonyl (C=O) groups is 1. The molecule has 0 aromatic rings. The molecule has 0 spiro atoms. The van der Waals surface area contributed by atoms with Crippen LogP contribution in [-0.4, -0.2) is 47.9 Å². The largest absolute Gasteiger partial charge is 0.341 e. The highest BCUT2D eigenvalue weighted by atomic mass is 16.2. The van der Waals surface area contributed by atoms with Crippen LogP contribution in [0.15, 0.2) is 0 Å². The molecule has 118 valence electrons. The standard InChI is InChI=1S/C18H30N2O/c21-18-17-10-16(8-9-19(17)11-15-6-3-7-15)13-20(18)12-14-4-1-2-5-14/h14-17H,1-13H2/t16-,17+/m0/s1. The molecule has 2 aliphatic carbocycles. The lowest BCUT2D eigenvalue weighted by Gasteiger charge is -2.48. The van der Waals surface area contributed by atoms with E-state index in [0.29, 0.717) is 5.91 Å². The number of likely N-dealkylation sites (tertiary alicyclic amines) is 2. The quantitative estimate of drug-likeness (QED) is 0.795. The molecule has 2 aliphatic heterocycles. The lowest BCUT2D eigenvalue weighted by atomic mass is 9.81. The Balaban J connectivity index is 1.40. The maximum Gasteiger partial charge on any atom is 0.239 e. The Labute approximate surface area is 129 Å². The van der Waals surface area contributed by atoms with Gasteiger partial charge in [0, 0.05) is 19.6 Å².